The number of fused-ring (bicyclic) bond motifs is 1. The van der Waals surface area contributed by atoms with Crippen LogP contribution in [-0.4, -0.2) is 39.0 Å². The largest absolute Gasteiger partial charge is 0.495 e. The predicted octanol–water partition coefficient (Wildman–Crippen LogP) is 4.16. The van der Waals surface area contributed by atoms with E-state index in [0.717, 1.165) is 22.8 Å². The molecule has 0 amide bonds. The highest BCUT2D eigenvalue weighted by atomic mass is 35.5. The molecule has 1 atom stereocenters. The summed E-state index contributed by atoms with van der Waals surface area (Å²) in [5.74, 6) is -1.81. The van der Waals surface area contributed by atoms with Crippen LogP contribution in [0.15, 0.2) is 60.3 Å². The first-order chi connectivity index (χ1) is 16.4. The third kappa shape index (κ3) is 3.77. The standard InChI is InChI=1S/C24H18ClN3O5S/c1-31-20-7-5-15(11-17(20)25)24(30)16(9-13-3-8-21(32-2)26-12-13)22(23(29)33-24)14-4-6-18-19(10-14)28-34-27-18/h3-8,10-12,30H,9H2,1-2H3. The van der Waals surface area contributed by atoms with Crippen LogP contribution in [-0.2, 0) is 21.7 Å². The molecule has 8 nitrogen and oxygen atoms in total. The topological polar surface area (TPSA) is 104 Å². The minimum Gasteiger partial charge on any atom is -0.495 e. The lowest BCUT2D eigenvalue weighted by Gasteiger charge is -2.26. The Balaban J connectivity index is 1.68. The summed E-state index contributed by atoms with van der Waals surface area (Å²) in [4.78, 5) is 17.4. The highest BCUT2D eigenvalue weighted by molar-refractivity contribution is 7.00. The van der Waals surface area contributed by atoms with Gasteiger partial charge in [-0.3, -0.25) is 0 Å². The molecule has 172 valence electrons. The molecular weight excluding hydrogens is 478 g/mol. The van der Waals surface area contributed by atoms with E-state index in [1.54, 1.807) is 42.6 Å². The molecule has 0 aliphatic carbocycles. The maximum absolute atomic E-state index is 13.2. The fraction of sp³-hybridized carbons (Fsp3) is 0.167. The number of nitrogens with zero attached hydrogens (tertiary/aromatic N) is 3. The van der Waals surface area contributed by atoms with Crippen molar-refractivity contribution in [1.29, 1.82) is 0 Å². The molecule has 0 saturated heterocycles. The fourth-order valence-corrected chi connectivity index (χ4v) is 4.70. The van der Waals surface area contributed by atoms with E-state index in [0.29, 0.717) is 33.8 Å². The molecule has 3 heterocycles. The number of carbonyl (C=O) groups is 1. The fourth-order valence-electron chi connectivity index (χ4n) is 3.93. The van der Waals surface area contributed by atoms with Crippen molar-refractivity contribution in [2.24, 2.45) is 0 Å². The quantitative estimate of drug-likeness (QED) is 0.398. The van der Waals surface area contributed by atoms with Gasteiger partial charge in [-0.1, -0.05) is 23.7 Å². The maximum atomic E-state index is 13.2. The molecule has 10 heteroatoms. The van der Waals surface area contributed by atoms with Crippen LogP contribution in [0.25, 0.3) is 16.6 Å². The van der Waals surface area contributed by atoms with Gasteiger partial charge in [0.05, 0.1) is 36.5 Å². The molecule has 34 heavy (non-hydrogen) atoms. The number of esters is 1. The van der Waals surface area contributed by atoms with E-state index < -0.39 is 11.8 Å². The summed E-state index contributed by atoms with van der Waals surface area (Å²) >= 11 is 7.41. The van der Waals surface area contributed by atoms with E-state index >= 15 is 0 Å². The smallest absolute Gasteiger partial charge is 0.342 e. The van der Waals surface area contributed by atoms with Crippen molar-refractivity contribution in [2.45, 2.75) is 12.2 Å². The lowest BCUT2D eigenvalue weighted by Crippen LogP contribution is -2.29. The number of hydrogen-bond acceptors (Lipinski definition) is 9. The van der Waals surface area contributed by atoms with Crippen molar-refractivity contribution in [2.75, 3.05) is 14.2 Å². The minimum atomic E-state index is -2.04. The van der Waals surface area contributed by atoms with Crippen LogP contribution >= 0.6 is 23.3 Å². The highest BCUT2D eigenvalue weighted by Crippen LogP contribution is 2.46. The summed E-state index contributed by atoms with van der Waals surface area (Å²) in [5.41, 5.74) is 3.59. The van der Waals surface area contributed by atoms with E-state index in [1.807, 2.05) is 6.07 Å². The molecule has 0 bridgehead atoms. The molecule has 5 rings (SSSR count). The van der Waals surface area contributed by atoms with Crippen LogP contribution in [0, 0.1) is 0 Å². The van der Waals surface area contributed by atoms with E-state index in [2.05, 4.69) is 13.7 Å². The van der Waals surface area contributed by atoms with Gasteiger partial charge >= 0.3 is 5.97 Å². The van der Waals surface area contributed by atoms with Crippen molar-refractivity contribution in [3.05, 3.63) is 82.0 Å². The molecule has 0 fully saturated rings. The molecule has 1 aliphatic rings. The number of aliphatic hydroxyl groups is 1. The van der Waals surface area contributed by atoms with E-state index in [1.165, 1.54) is 20.3 Å². The Labute approximate surface area is 203 Å². The zero-order valence-corrected chi connectivity index (χ0v) is 19.7. The van der Waals surface area contributed by atoms with Crippen LogP contribution in [0.4, 0.5) is 0 Å². The van der Waals surface area contributed by atoms with Gasteiger partial charge in [-0.2, -0.15) is 8.75 Å². The molecule has 1 unspecified atom stereocenters. The second-order valence-corrected chi connectivity index (χ2v) is 8.53. The summed E-state index contributed by atoms with van der Waals surface area (Å²) < 4.78 is 24.5. The monoisotopic (exact) mass is 495 g/mol. The second-order valence-electron chi connectivity index (χ2n) is 7.59. The number of carbonyl (C=O) groups excluding carboxylic acids is 1. The maximum Gasteiger partial charge on any atom is 0.342 e. The first-order valence-corrected chi connectivity index (χ1v) is 11.3. The predicted molar refractivity (Wildman–Crippen MR) is 127 cm³/mol. The number of rotatable bonds is 6. The van der Waals surface area contributed by atoms with Crippen LogP contribution in [0.3, 0.4) is 0 Å². The first kappa shape index (κ1) is 22.3. The van der Waals surface area contributed by atoms with Crippen LogP contribution in [0.1, 0.15) is 16.7 Å². The van der Waals surface area contributed by atoms with Crippen LogP contribution in [0.5, 0.6) is 11.6 Å². The number of halogens is 1. The van der Waals surface area contributed by atoms with Gasteiger partial charge in [0.25, 0.3) is 5.79 Å². The van der Waals surface area contributed by atoms with Crippen molar-refractivity contribution in [1.82, 2.24) is 13.7 Å². The number of benzene rings is 2. The lowest BCUT2D eigenvalue weighted by atomic mass is 9.88. The number of pyridine rings is 1. The summed E-state index contributed by atoms with van der Waals surface area (Å²) in [6.45, 7) is 0. The summed E-state index contributed by atoms with van der Waals surface area (Å²) in [5, 5.41) is 12.1. The van der Waals surface area contributed by atoms with E-state index in [4.69, 9.17) is 25.8 Å². The molecular formula is C24H18ClN3O5S. The van der Waals surface area contributed by atoms with Gasteiger partial charge in [0.15, 0.2) is 0 Å². The summed E-state index contributed by atoms with van der Waals surface area (Å²) in [6, 6.07) is 13.6. The van der Waals surface area contributed by atoms with Crippen molar-refractivity contribution in [3.63, 3.8) is 0 Å². The molecule has 0 saturated carbocycles. The van der Waals surface area contributed by atoms with Crippen LogP contribution in [0.2, 0.25) is 5.02 Å². The summed E-state index contributed by atoms with van der Waals surface area (Å²) in [7, 11) is 3.02. The normalized spacial score (nSPS) is 17.8. The molecule has 1 aliphatic heterocycles. The zero-order valence-electron chi connectivity index (χ0n) is 18.1. The molecule has 2 aromatic carbocycles. The van der Waals surface area contributed by atoms with Gasteiger partial charge in [-0.15, -0.1) is 0 Å². The van der Waals surface area contributed by atoms with E-state index in [9.17, 15) is 9.90 Å². The van der Waals surface area contributed by atoms with Crippen molar-refractivity contribution < 1.29 is 24.1 Å². The number of aromatic nitrogens is 3. The Kier molecular flexibility index (Phi) is 5.68. The van der Waals surface area contributed by atoms with Crippen LogP contribution < -0.4 is 9.47 Å². The first-order valence-electron chi connectivity index (χ1n) is 10.2. The Hall–Kier alpha value is -3.53. The number of ether oxygens (including phenoxy) is 3. The zero-order chi connectivity index (χ0) is 23.9. The van der Waals surface area contributed by atoms with Crippen molar-refractivity contribution in [3.8, 4) is 11.6 Å². The van der Waals surface area contributed by atoms with Gasteiger partial charge in [0.2, 0.25) is 5.88 Å². The Morgan fingerprint density at radius 2 is 1.88 bits per heavy atom. The Morgan fingerprint density at radius 1 is 1.06 bits per heavy atom. The average Bonchev–Trinajstić information content (AvgIpc) is 3.41. The highest BCUT2D eigenvalue weighted by Gasteiger charge is 2.48. The third-order valence-corrected chi connectivity index (χ3v) is 6.48. The minimum absolute atomic E-state index is 0.186. The molecule has 2 aromatic heterocycles. The Morgan fingerprint density at radius 3 is 2.59 bits per heavy atom. The molecule has 4 aromatic rings. The third-order valence-electron chi connectivity index (χ3n) is 5.63. The van der Waals surface area contributed by atoms with Gasteiger partial charge in [0, 0.05) is 29.8 Å². The number of cyclic esters (lactones) is 1. The molecule has 0 spiro atoms. The molecule has 1 N–H and O–H groups in total. The average molecular weight is 496 g/mol. The second kappa shape index (κ2) is 8.68. The Bertz CT molecular complexity index is 1440. The van der Waals surface area contributed by atoms with Gasteiger partial charge in [-0.25, -0.2) is 9.78 Å². The SMILES string of the molecule is COc1ccc(CC2=C(c3ccc4nsnc4c3)C(=O)OC2(O)c2ccc(OC)c(Cl)c2)cn1. The van der Waals surface area contributed by atoms with Gasteiger partial charge < -0.3 is 19.3 Å². The number of hydrogen-bond donors (Lipinski definition) is 1. The number of methoxy groups -OCH3 is 2. The van der Waals surface area contributed by atoms with E-state index in [-0.39, 0.29) is 17.0 Å². The van der Waals surface area contributed by atoms with Gasteiger partial charge in [0.1, 0.15) is 16.8 Å². The molecule has 0 radical (unpaired) electrons. The van der Waals surface area contributed by atoms with Gasteiger partial charge in [-0.05, 0) is 41.5 Å². The van der Waals surface area contributed by atoms with Crippen molar-refractivity contribution >= 4 is 45.9 Å². The summed E-state index contributed by atoms with van der Waals surface area (Å²) in [6.07, 6.45) is 1.81. The lowest BCUT2D eigenvalue weighted by molar-refractivity contribution is -0.185.